The number of hydrogen-bond donors (Lipinski definition) is 0. The zero-order valence-corrected chi connectivity index (χ0v) is 14.5. The van der Waals surface area contributed by atoms with Crippen LogP contribution < -0.4 is 0 Å². The molecule has 0 saturated carbocycles. The smallest absolute Gasteiger partial charge is 0.340 e. The summed E-state index contributed by atoms with van der Waals surface area (Å²) in [5.41, 5.74) is 0. The molecule has 0 atom stereocenters. The molecule has 2 aliphatic heterocycles. The average molecular weight is 318 g/mol. The van der Waals surface area contributed by atoms with Gasteiger partial charge >= 0.3 is 8.56 Å². The summed E-state index contributed by atoms with van der Waals surface area (Å²) >= 11 is 0. The molecular weight excluding hydrogens is 288 g/mol. The fourth-order valence-electron chi connectivity index (χ4n) is 2.92. The maximum absolute atomic E-state index is 5.87. The molecule has 7 heteroatoms. The Bertz CT molecular complexity index is 256. The van der Waals surface area contributed by atoms with E-state index < -0.39 is 8.56 Å². The molecule has 0 N–H and O–H groups in total. The Kier molecular flexibility index (Phi) is 7.59. The van der Waals surface area contributed by atoms with E-state index in [1.54, 1.807) is 0 Å². The highest BCUT2D eigenvalue weighted by Crippen LogP contribution is 2.19. The van der Waals surface area contributed by atoms with E-state index in [4.69, 9.17) is 18.3 Å². The molecule has 2 heterocycles. The lowest BCUT2D eigenvalue weighted by atomic mass is 10.4. The van der Waals surface area contributed by atoms with Gasteiger partial charge < -0.3 is 18.3 Å². The van der Waals surface area contributed by atoms with Crippen LogP contribution in [0.5, 0.6) is 0 Å². The van der Waals surface area contributed by atoms with Crippen LogP contribution in [0.3, 0.4) is 0 Å². The van der Waals surface area contributed by atoms with Crippen molar-refractivity contribution in [1.29, 1.82) is 0 Å². The molecule has 2 fully saturated rings. The fraction of sp³-hybridized carbons (Fsp3) is 1.00. The molecule has 0 aliphatic carbocycles. The lowest BCUT2D eigenvalue weighted by molar-refractivity contribution is 0.0369. The average Bonchev–Trinajstić information content (AvgIpc) is 2.58. The van der Waals surface area contributed by atoms with Gasteiger partial charge in [-0.1, -0.05) is 0 Å². The number of rotatable bonds is 8. The Balaban J connectivity index is 1.76. The van der Waals surface area contributed by atoms with E-state index in [2.05, 4.69) is 9.80 Å². The van der Waals surface area contributed by atoms with Gasteiger partial charge in [-0.25, -0.2) is 0 Å². The van der Waals surface area contributed by atoms with Crippen LogP contribution in [0.4, 0.5) is 0 Å². The van der Waals surface area contributed by atoms with E-state index in [1.807, 2.05) is 14.2 Å². The Morgan fingerprint density at radius 2 is 1.14 bits per heavy atom. The molecular formula is C14H30N2O4Si. The van der Waals surface area contributed by atoms with Crippen molar-refractivity contribution < 1.29 is 18.3 Å². The van der Waals surface area contributed by atoms with Crippen molar-refractivity contribution in [3.8, 4) is 0 Å². The molecule has 0 radical (unpaired) electrons. The summed E-state index contributed by atoms with van der Waals surface area (Å²) in [7, 11) is 1.55. The lowest BCUT2D eigenvalue weighted by Crippen LogP contribution is -2.48. The van der Waals surface area contributed by atoms with Gasteiger partial charge in [0.15, 0.2) is 0 Å². The topological polar surface area (TPSA) is 43.4 Å². The molecule has 2 saturated heterocycles. The lowest BCUT2D eigenvalue weighted by Gasteiger charge is -2.34. The highest BCUT2D eigenvalue weighted by Gasteiger charge is 2.36. The first kappa shape index (κ1) is 17.3. The first-order valence-corrected chi connectivity index (χ1v) is 10.2. The largest absolute Gasteiger partial charge is 0.398 e. The minimum atomic E-state index is -2.08. The van der Waals surface area contributed by atoms with Crippen molar-refractivity contribution in [2.45, 2.75) is 12.1 Å². The van der Waals surface area contributed by atoms with Gasteiger partial charge in [0, 0.05) is 65.6 Å². The standard InChI is InChI=1S/C14H30N2O4Si/c1-17-21(18-2,13-7-15-3-9-19-10-4-15)14-8-16-5-11-20-12-6-16/h3-14H2,1-2H3. The van der Waals surface area contributed by atoms with Crippen LogP contribution in [0.25, 0.3) is 0 Å². The Morgan fingerprint density at radius 3 is 1.48 bits per heavy atom. The normalized spacial score (nSPS) is 22.6. The highest BCUT2D eigenvalue weighted by atomic mass is 28.4. The van der Waals surface area contributed by atoms with Crippen molar-refractivity contribution >= 4 is 8.56 Å². The van der Waals surface area contributed by atoms with Crippen LogP contribution in [0.15, 0.2) is 0 Å². The van der Waals surface area contributed by atoms with Gasteiger partial charge in [-0.3, -0.25) is 9.80 Å². The third-order valence-corrected chi connectivity index (χ3v) is 8.03. The van der Waals surface area contributed by atoms with Crippen LogP contribution in [-0.4, -0.2) is 98.3 Å². The van der Waals surface area contributed by atoms with Crippen LogP contribution in [0.1, 0.15) is 0 Å². The molecule has 0 bridgehead atoms. The Hall–Kier alpha value is -0.0231. The number of hydrogen-bond acceptors (Lipinski definition) is 6. The molecule has 2 aliphatic rings. The number of morpholine rings is 2. The molecule has 0 aromatic carbocycles. The van der Waals surface area contributed by atoms with Crippen LogP contribution in [0, 0.1) is 0 Å². The van der Waals surface area contributed by atoms with E-state index in [-0.39, 0.29) is 0 Å². The Morgan fingerprint density at radius 1 is 0.762 bits per heavy atom. The van der Waals surface area contributed by atoms with Crippen molar-refractivity contribution in [3.63, 3.8) is 0 Å². The molecule has 0 amide bonds. The highest BCUT2D eigenvalue weighted by molar-refractivity contribution is 6.67. The second-order valence-electron chi connectivity index (χ2n) is 5.73. The quantitative estimate of drug-likeness (QED) is 0.603. The number of nitrogens with zero attached hydrogens (tertiary/aromatic N) is 2. The summed E-state index contributed by atoms with van der Waals surface area (Å²) in [6, 6.07) is 2.06. The monoisotopic (exact) mass is 318 g/mol. The van der Waals surface area contributed by atoms with Crippen molar-refractivity contribution in [3.05, 3.63) is 0 Å². The fourth-order valence-corrected chi connectivity index (χ4v) is 5.47. The van der Waals surface area contributed by atoms with Gasteiger partial charge in [0.1, 0.15) is 0 Å². The molecule has 0 aromatic rings. The zero-order valence-electron chi connectivity index (χ0n) is 13.5. The van der Waals surface area contributed by atoms with Crippen LogP contribution in [0.2, 0.25) is 12.1 Å². The van der Waals surface area contributed by atoms with Gasteiger partial charge in [0.2, 0.25) is 0 Å². The molecule has 2 rings (SSSR count). The molecule has 0 unspecified atom stereocenters. The van der Waals surface area contributed by atoms with E-state index in [0.717, 1.165) is 77.8 Å². The summed E-state index contributed by atoms with van der Waals surface area (Å²) in [4.78, 5) is 4.91. The van der Waals surface area contributed by atoms with Crippen molar-refractivity contribution in [1.82, 2.24) is 9.80 Å². The SMILES string of the molecule is CO[Si](CCN1CCOCC1)(CCN1CCOCC1)OC. The molecule has 0 aromatic heterocycles. The maximum atomic E-state index is 5.87. The van der Waals surface area contributed by atoms with Gasteiger partial charge in [0.05, 0.1) is 26.4 Å². The van der Waals surface area contributed by atoms with Gasteiger partial charge in [-0.15, -0.1) is 0 Å². The van der Waals surface area contributed by atoms with Crippen LogP contribution in [-0.2, 0) is 18.3 Å². The van der Waals surface area contributed by atoms with E-state index >= 15 is 0 Å². The third kappa shape index (κ3) is 5.59. The van der Waals surface area contributed by atoms with Crippen molar-refractivity contribution in [2.75, 3.05) is 79.9 Å². The number of ether oxygens (including phenoxy) is 2. The van der Waals surface area contributed by atoms with Gasteiger partial charge in [-0.05, 0) is 0 Å². The summed E-state index contributed by atoms with van der Waals surface area (Å²) in [6.07, 6.45) is 0. The van der Waals surface area contributed by atoms with Gasteiger partial charge in [0.25, 0.3) is 0 Å². The summed E-state index contributed by atoms with van der Waals surface area (Å²) in [5, 5.41) is 0. The van der Waals surface area contributed by atoms with E-state index in [1.165, 1.54) is 0 Å². The first-order chi connectivity index (χ1) is 10.3. The first-order valence-electron chi connectivity index (χ1n) is 7.98. The molecule has 6 nitrogen and oxygen atoms in total. The van der Waals surface area contributed by atoms with Gasteiger partial charge in [-0.2, -0.15) is 0 Å². The molecule has 21 heavy (non-hydrogen) atoms. The Labute approximate surface area is 129 Å². The summed E-state index contributed by atoms with van der Waals surface area (Å²) in [5.74, 6) is 0. The van der Waals surface area contributed by atoms with Crippen LogP contribution >= 0.6 is 0 Å². The minimum absolute atomic E-state index is 0.850. The zero-order chi connectivity index (χ0) is 15.0. The second-order valence-corrected chi connectivity index (χ2v) is 9.36. The van der Waals surface area contributed by atoms with E-state index in [9.17, 15) is 0 Å². The predicted octanol–water partition coefficient (Wildman–Crippen LogP) is 0.386. The molecule has 0 spiro atoms. The second kappa shape index (κ2) is 9.19. The third-order valence-electron chi connectivity index (χ3n) is 4.57. The summed E-state index contributed by atoms with van der Waals surface area (Å²) in [6.45, 7) is 9.63. The predicted molar refractivity (Wildman–Crippen MR) is 83.9 cm³/mol. The summed E-state index contributed by atoms with van der Waals surface area (Å²) < 4.78 is 22.5. The van der Waals surface area contributed by atoms with E-state index in [0.29, 0.717) is 0 Å². The molecule has 124 valence electrons. The minimum Gasteiger partial charge on any atom is -0.398 e. The van der Waals surface area contributed by atoms with Crippen molar-refractivity contribution in [2.24, 2.45) is 0 Å². The maximum Gasteiger partial charge on any atom is 0.340 e.